The topological polar surface area (TPSA) is 75.2 Å². The van der Waals surface area contributed by atoms with E-state index in [1.165, 1.54) is 0 Å². The van der Waals surface area contributed by atoms with E-state index < -0.39 is 5.97 Å². The molecule has 0 saturated heterocycles. The molecule has 0 aliphatic heterocycles. The van der Waals surface area contributed by atoms with Crippen LogP contribution in [0.2, 0.25) is 0 Å². The number of ether oxygens (including phenoxy) is 1. The van der Waals surface area contributed by atoms with Crippen LogP contribution in [0.3, 0.4) is 0 Å². The van der Waals surface area contributed by atoms with E-state index in [0.29, 0.717) is 11.8 Å². The maximum atomic E-state index is 11.7. The number of halogens is 2. The maximum Gasteiger partial charge on any atom is 0.342 e. The molecule has 0 spiro atoms. The molecule has 0 atom stereocenters. The molecule has 2 aromatic carbocycles. The van der Waals surface area contributed by atoms with E-state index in [0.717, 1.165) is 41.2 Å². The van der Waals surface area contributed by atoms with Crippen molar-refractivity contribution in [2.45, 2.75) is 5.16 Å². The summed E-state index contributed by atoms with van der Waals surface area (Å²) in [6.45, 7) is 4.07. The molecule has 0 aliphatic carbocycles. The number of benzene rings is 2. The molecule has 0 fully saturated rings. The predicted molar refractivity (Wildman–Crippen MR) is 125 cm³/mol. The zero-order chi connectivity index (χ0) is 19.4. The number of imidazole rings is 1. The zero-order valence-corrected chi connectivity index (χ0v) is 19.0. The van der Waals surface area contributed by atoms with Crippen molar-refractivity contribution in [1.29, 1.82) is 0 Å². The summed E-state index contributed by atoms with van der Waals surface area (Å²) in [5.74, 6) is -0.229. The highest BCUT2D eigenvalue weighted by molar-refractivity contribution is 14.1. The first-order valence-corrected chi connectivity index (χ1v) is 10.8. The van der Waals surface area contributed by atoms with Gasteiger partial charge in [-0.05, 0) is 92.8 Å². The molecule has 27 heavy (non-hydrogen) atoms. The van der Waals surface area contributed by atoms with E-state index in [4.69, 9.17) is 4.74 Å². The van der Waals surface area contributed by atoms with E-state index in [9.17, 15) is 9.90 Å². The average Bonchev–Trinajstić information content (AvgIpc) is 3.03. The minimum Gasteiger partial charge on any atom is -0.487 e. The average molecular weight is 604 g/mol. The minimum atomic E-state index is -1.00. The molecule has 0 saturated carbocycles. The van der Waals surface area contributed by atoms with E-state index in [1.54, 1.807) is 12.2 Å². The fourth-order valence-corrected chi connectivity index (χ4v) is 5.23. The fraction of sp³-hybridized carbons (Fsp3) is 0.0526. The van der Waals surface area contributed by atoms with Gasteiger partial charge in [0.2, 0.25) is 0 Å². The lowest BCUT2D eigenvalue weighted by Crippen LogP contribution is -2.00. The Morgan fingerprint density at radius 2 is 2.00 bits per heavy atom. The van der Waals surface area contributed by atoms with Gasteiger partial charge in [0.25, 0.3) is 0 Å². The van der Waals surface area contributed by atoms with E-state index in [2.05, 4.69) is 61.7 Å². The third-order valence-corrected chi connectivity index (χ3v) is 5.95. The quantitative estimate of drug-likeness (QED) is 0.160. The van der Waals surface area contributed by atoms with Crippen LogP contribution in [0.1, 0.15) is 5.56 Å². The molecule has 0 amide bonds. The van der Waals surface area contributed by atoms with E-state index in [-0.39, 0.29) is 4.91 Å². The second kappa shape index (κ2) is 9.11. The molecule has 138 valence electrons. The van der Waals surface area contributed by atoms with Gasteiger partial charge in [0, 0.05) is 0 Å². The molecule has 5 nitrogen and oxygen atoms in total. The van der Waals surface area contributed by atoms with Gasteiger partial charge >= 0.3 is 5.97 Å². The summed E-state index contributed by atoms with van der Waals surface area (Å²) in [7, 11) is 0. The lowest BCUT2D eigenvalue weighted by molar-refractivity contribution is -0.131. The summed E-state index contributed by atoms with van der Waals surface area (Å²) < 4.78 is 7.48. The summed E-state index contributed by atoms with van der Waals surface area (Å²) in [6, 6.07) is 11.4. The number of carbonyl (C=O) groups is 1. The van der Waals surface area contributed by atoms with Crippen molar-refractivity contribution < 1.29 is 14.6 Å². The number of hydrogen-bond donors (Lipinski definition) is 2. The zero-order valence-electron chi connectivity index (χ0n) is 13.9. The smallest absolute Gasteiger partial charge is 0.342 e. The monoisotopic (exact) mass is 604 g/mol. The summed E-state index contributed by atoms with van der Waals surface area (Å²) in [4.78, 5) is 19.5. The molecule has 8 heteroatoms. The Morgan fingerprint density at radius 1 is 1.30 bits per heavy atom. The standard InChI is InChI=1S/C19H14I2N2O3S/c1-2-7-26-17-12(20)8-11(9-13(17)21)10-16(18(24)25)27-19-22-14-5-3-4-6-15(14)23-19/h2-6,8-10H,1,7H2,(H,22,23)(H,24,25)/b16-10-. The van der Waals surface area contributed by atoms with Gasteiger partial charge < -0.3 is 14.8 Å². The number of H-pyrrole nitrogens is 1. The van der Waals surface area contributed by atoms with Crippen LogP contribution in [-0.2, 0) is 4.79 Å². The Morgan fingerprint density at radius 3 is 2.63 bits per heavy atom. The van der Waals surface area contributed by atoms with Crippen LogP contribution in [0, 0.1) is 7.14 Å². The number of aliphatic carboxylic acids is 1. The van der Waals surface area contributed by atoms with Crippen molar-refractivity contribution in [3.63, 3.8) is 0 Å². The van der Waals surface area contributed by atoms with Gasteiger partial charge in [-0.1, -0.05) is 24.8 Å². The highest BCUT2D eigenvalue weighted by atomic mass is 127. The number of hydrogen-bond acceptors (Lipinski definition) is 4. The Hall–Kier alpha value is -1.53. The molecule has 0 bridgehead atoms. The van der Waals surface area contributed by atoms with Crippen molar-refractivity contribution in [3.05, 3.63) is 66.7 Å². The maximum absolute atomic E-state index is 11.7. The van der Waals surface area contributed by atoms with Crippen molar-refractivity contribution >= 4 is 80.0 Å². The fourth-order valence-electron chi connectivity index (χ4n) is 2.31. The number of aromatic amines is 1. The van der Waals surface area contributed by atoms with Gasteiger partial charge in [-0.15, -0.1) is 0 Å². The van der Waals surface area contributed by atoms with Gasteiger partial charge in [-0.25, -0.2) is 9.78 Å². The van der Waals surface area contributed by atoms with Crippen LogP contribution in [0.4, 0.5) is 0 Å². The largest absolute Gasteiger partial charge is 0.487 e. The number of nitrogens with one attached hydrogen (secondary N) is 1. The third-order valence-electron chi connectivity index (χ3n) is 3.45. The SMILES string of the molecule is C=CCOc1c(I)cc(/C=C(\Sc2nc3ccccc3[nH]2)C(=O)O)cc1I. The molecule has 1 aromatic heterocycles. The Kier molecular flexibility index (Phi) is 6.82. The molecular weight excluding hydrogens is 590 g/mol. The molecule has 3 rings (SSSR count). The van der Waals surface area contributed by atoms with Crippen molar-refractivity contribution in [1.82, 2.24) is 9.97 Å². The van der Waals surface area contributed by atoms with Gasteiger partial charge in [0.05, 0.1) is 18.2 Å². The van der Waals surface area contributed by atoms with E-state index >= 15 is 0 Å². The second-order valence-electron chi connectivity index (χ2n) is 5.39. The number of para-hydroxylation sites is 2. The van der Waals surface area contributed by atoms with Crippen molar-refractivity contribution in [2.75, 3.05) is 6.61 Å². The molecule has 0 radical (unpaired) electrons. The predicted octanol–water partition coefficient (Wildman–Crippen LogP) is 5.55. The Bertz CT molecular complexity index is 990. The summed E-state index contributed by atoms with van der Waals surface area (Å²) in [6.07, 6.45) is 3.33. The normalized spacial score (nSPS) is 11.6. The third kappa shape index (κ3) is 5.05. The lowest BCUT2D eigenvalue weighted by atomic mass is 10.2. The van der Waals surface area contributed by atoms with Gasteiger partial charge in [-0.2, -0.15) is 0 Å². The van der Waals surface area contributed by atoms with Crippen LogP contribution < -0.4 is 4.74 Å². The molecule has 3 aromatic rings. The highest BCUT2D eigenvalue weighted by Crippen LogP contribution is 2.32. The van der Waals surface area contributed by atoms with Gasteiger partial charge in [0.1, 0.15) is 17.3 Å². The number of carboxylic acids is 1. The molecule has 2 N–H and O–H groups in total. The highest BCUT2D eigenvalue weighted by Gasteiger charge is 2.14. The summed E-state index contributed by atoms with van der Waals surface area (Å²) in [5.41, 5.74) is 2.46. The minimum absolute atomic E-state index is 0.181. The molecule has 1 heterocycles. The van der Waals surface area contributed by atoms with Crippen molar-refractivity contribution in [2.24, 2.45) is 0 Å². The van der Waals surface area contributed by atoms with Crippen LogP contribution in [-0.4, -0.2) is 27.7 Å². The molecule has 0 aliphatic rings. The lowest BCUT2D eigenvalue weighted by Gasteiger charge is -2.10. The van der Waals surface area contributed by atoms with Crippen LogP contribution in [0.25, 0.3) is 17.1 Å². The number of carboxylic acid groups (broad SMARTS) is 1. The molecular formula is C19H14I2N2O3S. The first kappa shape index (κ1) is 20.2. The van der Waals surface area contributed by atoms with Crippen LogP contribution in [0.5, 0.6) is 5.75 Å². The Labute approximate surface area is 187 Å². The number of aromatic nitrogens is 2. The van der Waals surface area contributed by atoms with Crippen LogP contribution in [0.15, 0.2) is 59.1 Å². The second-order valence-corrected chi connectivity index (χ2v) is 8.74. The first-order chi connectivity index (χ1) is 13.0. The van der Waals surface area contributed by atoms with Crippen molar-refractivity contribution in [3.8, 4) is 5.75 Å². The Balaban J connectivity index is 1.91. The first-order valence-electron chi connectivity index (χ1n) is 7.78. The molecule has 0 unspecified atom stereocenters. The van der Waals surface area contributed by atoms with E-state index in [1.807, 2.05) is 36.4 Å². The summed E-state index contributed by atoms with van der Waals surface area (Å²) >= 11 is 5.46. The van der Waals surface area contributed by atoms with Gasteiger partial charge in [-0.3, -0.25) is 0 Å². The number of rotatable bonds is 7. The van der Waals surface area contributed by atoms with Gasteiger partial charge in [0.15, 0.2) is 5.16 Å². The van der Waals surface area contributed by atoms with Crippen LogP contribution >= 0.6 is 56.9 Å². The summed E-state index contributed by atoms with van der Waals surface area (Å²) in [5, 5.41) is 10.2. The number of nitrogens with zero attached hydrogens (tertiary/aromatic N) is 1. The number of fused-ring (bicyclic) bond motifs is 1. The number of thioether (sulfide) groups is 1.